The molecular weight excluding hydrogens is 369 g/mol. The zero-order chi connectivity index (χ0) is 19.2. The predicted octanol–water partition coefficient (Wildman–Crippen LogP) is 3.84. The molecule has 0 N–H and O–H groups in total. The van der Waals surface area contributed by atoms with E-state index in [4.69, 9.17) is 27.5 Å². The Morgan fingerprint density at radius 2 is 1.93 bits per heavy atom. The molecule has 0 fully saturated rings. The highest BCUT2D eigenvalue weighted by Gasteiger charge is 2.19. The lowest BCUT2D eigenvalue weighted by Gasteiger charge is -2.21. The maximum atomic E-state index is 13.1. The Labute approximate surface area is 162 Å². The summed E-state index contributed by atoms with van der Waals surface area (Å²) in [7, 11) is 0. The van der Waals surface area contributed by atoms with E-state index < -0.39 is 0 Å². The summed E-state index contributed by atoms with van der Waals surface area (Å²) in [5.41, 5.74) is 1.52. The Kier molecular flexibility index (Phi) is 6.20. The van der Waals surface area contributed by atoms with Crippen LogP contribution in [0.15, 0.2) is 36.4 Å². The molecule has 3 rings (SSSR count). The van der Waals surface area contributed by atoms with Gasteiger partial charge in [-0.2, -0.15) is 0 Å². The minimum absolute atomic E-state index is 0.124. The van der Waals surface area contributed by atoms with Crippen LogP contribution in [0.4, 0.5) is 4.39 Å². The molecule has 0 saturated carbocycles. The number of carbonyl (C=O) groups is 1. The Hall–Kier alpha value is -2.71. The average Bonchev–Trinajstić information content (AvgIpc) is 2.89. The molecule has 0 aliphatic carbocycles. The van der Waals surface area contributed by atoms with Crippen molar-refractivity contribution in [3.8, 4) is 23.8 Å². The number of fused-ring (bicyclic) bond motifs is 1. The molecule has 1 aliphatic heterocycles. The average molecular weight is 388 g/mol. The standard InChI is InChI=1S/C21H19ClFNO3/c1-2-8-24(14-15-4-6-17(23)7-5-15)20(25)13-16-11-18(22)21-19(12-16)26-9-3-10-27-21/h1,4-7,11-12H,3,8-10,13-14H2. The maximum absolute atomic E-state index is 13.1. The van der Waals surface area contributed by atoms with Gasteiger partial charge in [0.15, 0.2) is 11.5 Å². The monoisotopic (exact) mass is 387 g/mol. The van der Waals surface area contributed by atoms with Crippen LogP contribution in [0.5, 0.6) is 11.5 Å². The Morgan fingerprint density at radius 1 is 1.19 bits per heavy atom. The number of carbonyl (C=O) groups excluding carboxylic acids is 1. The normalized spacial score (nSPS) is 12.8. The fourth-order valence-corrected chi connectivity index (χ4v) is 3.11. The lowest BCUT2D eigenvalue weighted by molar-refractivity contribution is -0.130. The van der Waals surface area contributed by atoms with Crippen molar-refractivity contribution in [2.24, 2.45) is 0 Å². The number of halogens is 2. The van der Waals surface area contributed by atoms with Gasteiger partial charge in [-0.25, -0.2) is 4.39 Å². The molecule has 0 bridgehead atoms. The minimum atomic E-state index is -0.324. The van der Waals surface area contributed by atoms with E-state index in [1.807, 2.05) is 0 Å². The molecule has 140 valence electrons. The molecule has 0 aromatic heterocycles. The van der Waals surface area contributed by atoms with E-state index in [-0.39, 0.29) is 24.7 Å². The second-order valence-corrected chi connectivity index (χ2v) is 6.62. The van der Waals surface area contributed by atoms with Gasteiger partial charge in [0.05, 0.1) is 31.2 Å². The lowest BCUT2D eigenvalue weighted by Crippen LogP contribution is -2.32. The molecule has 6 heteroatoms. The third-order valence-corrected chi connectivity index (χ3v) is 4.42. The lowest BCUT2D eigenvalue weighted by atomic mass is 10.1. The SMILES string of the molecule is C#CCN(Cc1ccc(F)cc1)C(=O)Cc1cc(Cl)c2c(c1)OCCCO2. The molecule has 0 saturated heterocycles. The van der Waals surface area contributed by atoms with Crippen LogP contribution in [-0.2, 0) is 17.8 Å². The van der Waals surface area contributed by atoms with Gasteiger partial charge < -0.3 is 14.4 Å². The molecule has 2 aromatic carbocycles. The van der Waals surface area contributed by atoms with Crippen LogP contribution in [0.3, 0.4) is 0 Å². The number of terminal acetylenes is 1. The molecule has 1 aliphatic rings. The molecule has 0 unspecified atom stereocenters. The van der Waals surface area contributed by atoms with Crippen molar-refractivity contribution in [1.29, 1.82) is 0 Å². The first-order valence-corrected chi connectivity index (χ1v) is 8.98. The van der Waals surface area contributed by atoms with Gasteiger partial charge in [-0.3, -0.25) is 4.79 Å². The summed E-state index contributed by atoms with van der Waals surface area (Å²) in [6.45, 7) is 1.54. The zero-order valence-corrected chi connectivity index (χ0v) is 15.5. The van der Waals surface area contributed by atoms with Crippen molar-refractivity contribution < 1.29 is 18.7 Å². The van der Waals surface area contributed by atoms with Crippen LogP contribution in [0.2, 0.25) is 5.02 Å². The quantitative estimate of drug-likeness (QED) is 0.731. The van der Waals surface area contributed by atoms with Crippen molar-refractivity contribution in [3.05, 3.63) is 58.4 Å². The van der Waals surface area contributed by atoms with Gasteiger partial charge in [0.1, 0.15) is 5.82 Å². The number of ether oxygens (including phenoxy) is 2. The Morgan fingerprint density at radius 3 is 2.67 bits per heavy atom. The Bertz CT molecular complexity index is 861. The molecule has 4 nitrogen and oxygen atoms in total. The highest BCUT2D eigenvalue weighted by atomic mass is 35.5. The van der Waals surface area contributed by atoms with Gasteiger partial charge in [-0.1, -0.05) is 29.7 Å². The summed E-state index contributed by atoms with van der Waals surface area (Å²) in [5, 5.41) is 0.416. The van der Waals surface area contributed by atoms with Crippen LogP contribution < -0.4 is 9.47 Å². The van der Waals surface area contributed by atoms with Crippen molar-refractivity contribution in [3.63, 3.8) is 0 Å². The summed E-state index contributed by atoms with van der Waals surface area (Å²) in [6.07, 6.45) is 6.30. The van der Waals surface area contributed by atoms with E-state index in [2.05, 4.69) is 5.92 Å². The fourth-order valence-electron chi connectivity index (χ4n) is 2.83. The van der Waals surface area contributed by atoms with Gasteiger partial charge in [0.2, 0.25) is 5.91 Å². The number of amides is 1. The van der Waals surface area contributed by atoms with Crippen molar-refractivity contribution in [1.82, 2.24) is 4.90 Å². The first-order valence-electron chi connectivity index (χ1n) is 8.60. The predicted molar refractivity (Wildman–Crippen MR) is 101 cm³/mol. The summed E-state index contributed by atoms with van der Waals surface area (Å²) < 4.78 is 24.3. The zero-order valence-electron chi connectivity index (χ0n) is 14.7. The van der Waals surface area contributed by atoms with Gasteiger partial charge in [0, 0.05) is 13.0 Å². The van der Waals surface area contributed by atoms with E-state index in [0.29, 0.717) is 36.3 Å². The van der Waals surface area contributed by atoms with Gasteiger partial charge in [-0.05, 0) is 35.4 Å². The van der Waals surface area contributed by atoms with Gasteiger partial charge in [0.25, 0.3) is 0 Å². The van der Waals surface area contributed by atoms with Crippen LogP contribution in [0.25, 0.3) is 0 Å². The van der Waals surface area contributed by atoms with Crippen molar-refractivity contribution >= 4 is 17.5 Å². The second kappa shape index (κ2) is 8.79. The molecule has 27 heavy (non-hydrogen) atoms. The molecule has 1 amide bonds. The number of benzene rings is 2. The highest BCUT2D eigenvalue weighted by Crippen LogP contribution is 2.38. The Balaban J connectivity index is 1.75. The summed E-state index contributed by atoms with van der Waals surface area (Å²) in [4.78, 5) is 14.3. The van der Waals surface area contributed by atoms with Gasteiger partial charge >= 0.3 is 0 Å². The van der Waals surface area contributed by atoms with Gasteiger partial charge in [-0.15, -0.1) is 6.42 Å². The third kappa shape index (κ3) is 4.93. The maximum Gasteiger partial charge on any atom is 0.228 e. The molecular formula is C21H19ClFNO3. The molecule has 1 heterocycles. The molecule has 2 aromatic rings. The van der Waals surface area contributed by atoms with E-state index in [1.165, 1.54) is 12.1 Å². The van der Waals surface area contributed by atoms with Crippen LogP contribution in [0, 0.1) is 18.2 Å². The number of rotatable bonds is 5. The van der Waals surface area contributed by atoms with Crippen LogP contribution in [0.1, 0.15) is 17.5 Å². The van der Waals surface area contributed by atoms with Crippen molar-refractivity contribution in [2.75, 3.05) is 19.8 Å². The molecule has 0 atom stereocenters. The number of hydrogen-bond donors (Lipinski definition) is 0. The minimum Gasteiger partial charge on any atom is -0.489 e. The van der Waals surface area contributed by atoms with E-state index in [1.54, 1.807) is 29.2 Å². The summed E-state index contributed by atoms with van der Waals surface area (Å²) >= 11 is 6.29. The number of hydrogen-bond acceptors (Lipinski definition) is 3. The van der Waals surface area contributed by atoms with Crippen LogP contribution in [-0.4, -0.2) is 30.6 Å². The first-order chi connectivity index (χ1) is 13.1. The van der Waals surface area contributed by atoms with E-state index in [0.717, 1.165) is 17.5 Å². The smallest absolute Gasteiger partial charge is 0.228 e. The van der Waals surface area contributed by atoms with E-state index >= 15 is 0 Å². The summed E-state index contributed by atoms with van der Waals surface area (Å²) in [6, 6.07) is 9.47. The first kappa shape index (κ1) is 19.1. The number of nitrogens with zero attached hydrogens (tertiary/aromatic N) is 1. The van der Waals surface area contributed by atoms with Crippen molar-refractivity contribution in [2.45, 2.75) is 19.4 Å². The second-order valence-electron chi connectivity index (χ2n) is 6.21. The van der Waals surface area contributed by atoms with E-state index in [9.17, 15) is 9.18 Å². The molecule has 0 spiro atoms. The fraction of sp³-hybridized carbons (Fsp3) is 0.286. The van der Waals surface area contributed by atoms with Crippen LogP contribution >= 0.6 is 11.6 Å². The third-order valence-electron chi connectivity index (χ3n) is 4.14. The topological polar surface area (TPSA) is 38.8 Å². The highest BCUT2D eigenvalue weighted by molar-refractivity contribution is 6.32. The summed E-state index contributed by atoms with van der Waals surface area (Å²) in [5.74, 6) is 3.08. The largest absolute Gasteiger partial charge is 0.489 e. The molecule has 0 radical (unpaired) electrons.